The summed E-state index contributed by atoms with van der Waals surface area (Å²) in [6.45, 7) is 5.44. The normalized spacial score (nSPS) is 13.2. The maximum Gasteiger partial charge on any atom is 0.0361 e. The zero-order chi connectivity index (χ0) is 9.68. The van der Waals surface area contributed by atoms with Crippen LogP contribution in [0.2, 0.25) is 0 Å². The van der Waals surface area contributed by atoms with Crippen molar-refractivity contribution >= 4 is 0 Å². The predicted molar refractivity (Wildman–Crippen MR) is 56.6 cm³/mol. The summed E-state index contributed by atoms with van der Waals surface area (Å²) in [5, 5.41) is 3.51. The fourth-order valence-electron chi connectivity index (χ4n) is 1.49. The molecule has 1 rings (SSSR count). The second kappa shape index (κ2) is 5.07. The Morgan fingerprint density at radius 3 is 2.85 bits per heavy atom. The van der Waals surface area contributed by atoms with Gasteiger partial charge in [-0.25, -0.2) is 0 Å². The van der Waals surface area contributed by atoms with Gasteiger partial charge in [0, 0.05) is 31.5 Å². The van der Waals surface area contributed by atoms with E-state index in [4.69, 9.17) is 0 Å². The lowest BCUT2D eigenvalue weighted by molar-refractivity contribution is 0.499. The minimum Gasteiger partial charge on any atom is -0.353 e. The van der Waals surface area contributed by atoms with Crippen LogP contribution in [0.5, 0.6) is 0 Å². The zero-order valence-corrected chi connectivity index (χ0v) is 8.88. The number of nitrogens with zero attached hydrogens (tertiary/aromatic N) is 1. The van der Waals surface area contributed by atoms with Crippen molar-refractivity contribution in [1.29, 1.82) is 0 Å². The van der Waals surface area contributed by atoms with E-state index in [0.29, 0.717) is 6.04 Å². The van der Waals surface area contributed by atoms with Gasteiger partial charge in [-0.3, -0.25) is 0 Å². The zero-order valence-electron chi connectivity index (χ0n) is 8.88. The molecule has 0 fully saturated rings. The van der Waals surface area contributed by atoms with Crippen molar-refractivity contribution in [1.82, 2.24) is 9.88 Å². The summed E-state index contributed by atoms with van der Waals surface area (Å²) in [5.41, 5.74) is 1.35. The number of nitrogens with one attached hydrogen (secondary N) is 1. The van der Waals surface area contributed by atoms with Crippen molar-refractivity contribution < 1.29 is 0 Å². The monoisotopic (exact) mass is 180 g/mol. The van der Waals surface area contributed by atoms with Gasteiger partial charge in [-0.15, -0.1) is 0 Å². The van der Waals surface area contributed by atoms with Crippen LogP contribution >= 0.6 is 0 Å². The van der Waals surface area contributed by atoms with Crippen LogP contribution in [-0.4, -0.2) is 10.6 Å². The maximum atomic E-state index is 3.51. The molecule has 0 spiro atoms. The SMILES string of the molecule is CCCC(C)NCc1cccn1C. The van der Waals surface area contributed by atoms with Crippen LogP contribution < -0.4 is 5.32 Å². The number of hydrogen-bond acceptors (Lipinski definition) is 1. The third-order valence-electron chi connectivity index (χ3n) is 2.40. The largest absolute Gasteiger partial charge is 0.353 e. The molecule has 2 nitrogen and oxygen atoms in total. The van der Waals surface area contributed by atoms with Crippen molar-refractivity contribution in [3.8, 4) is 0 Å². The Bertz CT molecular complexity index is 240. The van der Waals surface area contributed by atoms with Gasteiger partial charge in [-0.05, 0) is 25.5 Å². The molecule has 1 unspecified atom stereocenters. The van der Waals surface area contributed by atoms with E-state index in [2.05, 4.69) is 49.1 Å². The van der Waals surface area contributed by atoms with Crippen LogP contribution in [0.25, 0.3) is 0 Å². The van der Waals surface area contributed by atoms with Crippen LogP contribution in [-0.2, 0) is 13.6 Å². The molecule has 0 saturated carbocycles. The number of aryl methyl sites for hydroxylation is 1. The van der Waals surface area contributed by atoms with Gasteiger partial charge in [0.25, 0.3) is 0 Å². The van der Waals surface area contributed by atoms with Crippen molar-refractivity contribution in [3.63, 3.8) is 0 Å². The Labute approximate surface area is 81.0 Å². The first-order valence-corrected chi connectivity index (χ1v) is 5.07. The van der Waals surface area contributed by atoms with Crippen LogP contribution in [0.1, 0.15) is 32.4 Å². The first-order chi connectivity index (χ1) is 6.24. The van der Waals surface area contributed by atoms with E-state index in [1.807, 2.05) is 0 Å². The summed E-state index contributed by atoms with van der Waals surface area (Å²) in [6.07, 6.45) is 4.59. The minimum absolute atomic E-state index is 0.625. The molecule has 0 amide bonds. The van der Waals surface area contributed by atoms with Crippen molar-refractivity contribution in [2.75, 3.05) is 0 Å². The van der Waals surface area contributed by atoms with E-state index in [9.17, 15) is 0 Å². The van der Waals surface area contributed by atoms with Crippen molar-refractivity contribution in [2.45, 2.75) is 39.3 Å². The lowest BCUT2D eigenvalue weighted by Crippen LogP contribution is -2.25. The maximum absolute atomic E-state index is 3.51. The molecule has 0 aromatic carbocycles. The van der Waals surface area contributed by atoms with Gasteiger partial charge in [0.15, 0.2) is 0 Å². The molecule has 0 saturated heterocycles. The highest BCUT2D eigenvalue weighted by Gasteiger charge is 2.01. The van der Waals surface area contributed by atoms with Gasteiger partial charge in [-0.2, -0.15) is 0 Å². The highest BCUT2D eigenvalue weighted by Crippen LogP contribution is 2.01. The molecule has 1 N–H and O–H groups in total. The van der Waals surface area contributed by atoms with E-state index < -0.39 is 0 Å². The summed E-state index contributed by atoms with van der Waals surface area (Å²) >= 11 is 0. The quantitative estimate of drug-likeness (QED) is 0.735. The molecule has 1 atom stereocenters. The highest BCUT2D eigenvalue weighted by atomic mass is 15.0. The molecule has 0 aliphatic heterocycles. The van der Waals surface area contributed by atoms with E-state index in [0.717, 1.165) is 6.54 Å². The Morgan fingerprint density at radius 1 is 1.54 bits per heavy atom. The second-order valence-corrected chi connectivity index (χ2v) is 3.68. The van der Waals surface area contributed by atoms with Crippen molar-refractivity contribution in [2.24, 2.45) is 7.05 Å². The first kappa shape index (κ1) is 10.3. The first-order valence-electron chi connectivity index (χ1n) is 5.07. The van der Waals surface area contributed by atoms with Crippen LogP contribution in [0.4, 0.5) is 0 Å². The summed E-state index contributed by atoms with van der Waals surface area (Å²) in [4.78, 5) is 0. The predicted octanol–water partition coefficient (Wildman–Crippen LogP) is 2.30. The van der Waals surface area contributed by atoms with Gasteiger partial charge in [0.05, 0.1) is 0 Å². The third-order valence-corrected chi connectivity index (χ3v) is 2.40. The van der Waals surface area contributed by atoms with Gasteiger partial charge in [-0.1, -0.05) is 13.3 Å². The minimum atomic E-state index is 0.625. The summed E-state index contributed by atoms with van der Waals surface area (Å²) in [6, 6.07) is 4.87. The lowest BCUT2D eigenvalue weighted by Gasteiger charge is -2.12. The summed E-state index contributed by atoms with van der Waals surface area (Å²) in [7, 11) is 2.08. The van der Waals surface area contributed by atoms with Gasteiger partial charge < -0.3 is 9.88 Å². The Hall–Kier alpha value is -0.760. The van der Waals surface area contributed by atoms with E-state index in [1.165, 1.54) is 18.5 Å². The van der Waals surface area contributed by atoms with E-state index in [-0.39, 0.29) is 0 Å². The van der Waals surface area contributed by atoms with Crippen molar-refractivity contribution in [3.05, 3.63) is 24.0 Å². The molecule has 1 aromatic heterocycles. The fraction of sp³-hybridized carbons (Fsp3) is 0.636. The second-order valence-electron chi connectivity index (χ2n) is 3.68. The molecule has 13 heavy (non-hydrogen) atoms. The molecule has 1 heterocycles. The topological polar surface area (TPSA) is 17.0 Å². The molecular formula is C11H20N2. The fourth-order valence-corrected chi connectivity index (χ4v) is 1.49. The van der Waals surface area contributed by atoms with Crippen LogP contribution in [0.3, 0.4) is 0 Å². The average molecular weight is 180 g/mol. The standard InChI is InChI=1S/C11H20N2/c1-4-6-10(2)12-9-11-7-5-8-13(11)3/h5,7-8,10,12H,4,6,9H2,1-3H3. The van der Waals surface area contributed by atoms with Crippen LogP contribution in [0, 0.1) is 0 Å². The molecule has 1 aromatic rings. The van der Waals surface area contributed by atoms with Gasteiger partial charge >= 0.3 is 0 Å². The summed E-state index contributed by atoms with van der Waals surface area (Å²) in [5.74, 6) is 0. The molecule has 0 aliphatic carbocycles. The number of aromatic nitrogens is 1. The van der Waals surface area contributed by atoms with Gasteiger partial charge in [0.1, 0.15) is 0 Å². The van der Waals surface area contributed by atoms with Crippen LogP contribution in [0.15, 0.2) is 18.3 Å². The molecule has 0 bridgehead atoms. The number of hydrogen-bond donors (Lipinski definition) is 1. The molecular weight excluding hydrogens is 160 g/mol. The molecule has 74 valence electrons. The Balaban J connectivity index is 2.30. The molecule has 0 radical (unpaired) electrons. The molecule has 0 aliphatic rings. The third kappa shape index (κ3) is 3.23. The van der Waals surface area contributed by atoms with E-state index in [1.54, 1.807) is 0 Å². The summed E-state index contributed by atoms with van der Waals surface area (Å²) < 4.78 is 2.16. The lowest BCUT2D eigenvalue weighted by atomic mass is 10.2. The highest BCUT2D eigenvalue weighted by molar-refractivity contribution is 5.06. The number of rotatable bonds is 5. The smallest absolute Gasteiger partial charge is 0.0361 e. The van der Waals surface area contributed by atoms with E-state index >= 15 is 0 Å². The Morgan fingerprint density at radius 2 is 2.31 bits per heavy atom. The van der Waals surface area contributed by atoms with Gasteiger partial charge in [0.2, 0.25) is 0 Å². The molecule has 2 heteroatoms. The Kier molecular flexibility index (Phi) is 4.03. The average Bonchev–Trinajstić information content (AvgIpc) is 2.48.